The first-order valence-electron chi connectivity index (χ1n) is 8.96. The molecule has 1 aliphatic rings. The molecule has 0 spiro atoms. The number of nitrogens with one attached hydrogen (secondary N) is 1. The van der Waals surface area contributed by atoms with Crippen molar-refractivity contribution in [1.29, 1.82) is 0 Å². The fourth-order valence-electron chi connectivity index (χ4n) is 3.00. The highest BCUT2D eigenvalue weighted by Crippen LogP contribution is 2.22. The molecule has 3 rings (SSSR count). The first-order chi connectivity index (χ1) is 12.6. The number of para-hydroxylation sites is 1. The quantitative estimate of drug-likeness (QED) is 0.752. The van der Waals surface area contributed by atoms with Gasteiger partial charge in [-0.2, -0.15) is 0 Å². The summed E-state index contributed by atoms with van der Waals surface area (Å²) in [5, 5.41) is 3.86. The fraction of sp³-hybridized carbons (Fsp3) is 0.474. The smallest absolute Gasteiger partial charge is 0.230 e. The highest BCUT2D eigenvalue weighted by Gasteiger charge is 2.17. The minimum atomic E-state index is 0.0365. The van der Waals surface area contributed by atoms with Crippen LogP contribution in [0.25, 0.3) is 5.69 Å². The number of ether oxygens (including phenoxy) is 1. The van der Waals surface area contributed by atoms with E-state index in [1.54, 1.807) is 6.20 Å². The number of thioether (sulfide) groups is 1. The van der Waals surface area contributed by atoms with Gasteiger partial charge in [0.25, 0.3) is 0 Å². The molecule has 2 heterocycles. The van der Waals surface area contributed by atoms with Crippen LogP contribution in [0, 0.1) is 6.92 Å². The highest BCUT2D eigenvalue weighted by molar-refractivity contribution is 7.99. The van der Waals surface area contributed by atoms with E-state index in [1.807, 2.05) is 22.9 Å². The number of rotatable bonds is 7. The summed E-state index contributed by atoms with van der Waals surface area (Å²) in [4.78, 5) is 19.0. The third-order valence-corrected chi connectivity index (χ3v) is 5.54. The monoisotopic (exact) mass is 374 g/mol. The number of nitrogens with zero attached hydrogens (tertiary/aromatic N) is 3. The summed E-state index contributed by atoms with van der Waals surface area (Å²) < 4.78 is 7.40. The fourth-order valence-corrected chi connectivity index (χ4v) is 3.80. The zero-order valence-corrected chi connectivity index (χ0v) is 16.2. The largest absolute Gasteiger partial charge is 0.379 e. The van der Waals surface area contributed by atoms with Crippen molar-refractivity contribution >= 4 is 17.7 Å². The molecule has 2 aromatic rings. The van der Waals surface area contributed by atoms with E-state index < -0.39 is 0 Å². The van der Waals surface area contributed by atoms with Gasteiger partial charge in [0.05, 0.1) is 24.7 Å². The van der Waals surface area contributed by atoms with Crippen molar-refractivity contribution < 1.29 is 9.53 Å². The number of aromatic nitrogens is 2. The molecule has 0 bridgehead atoms. The molecule has 1 atom stereocenters. The minimum Gasteiger partial charge on any atom is -0.379 e. The summed E-state index contributed by atoms with van der Waals surface area (Å²) in [7, 11) is 0. The molecule has 1 aromatic heterocycles. The van der Waals surface area contributed by atoms with E-state index in [9.17, 15) is 4.79 Å². The van der Waals surface area contributed by atoms with Gasteiger partial charge in [0.1, 0.15) is 0 Å². The normalized spacial score (nSPS) is 16.4. The topological polar surface area (TPSA) is 59.4 Å². The Balaban J connectivity index is 1.49. The van der Waals surface area contributed by atoms with Crippen LogP contribution in [0.5, 0.6) is 0 Å². The average Bonchev–Trinajstić information content (AvgIpc) is 3.14. The van der Waals surface area contributed by atoms with Crippen LogP contribution < -0.4 is 5.32 Å². The van der Waals surface area contributed by atoms with Gasteiger partial charge in [0, 0.05) is 38.1 Å². The molecule has 0 saturated carbocycles. The summed E-state index contributed by atoms with van der Waals surface area (Å²) in [6.07, 6.45) is 3.70. The molecule has 6 nitrogen and oxygen atoms in total. The molecule has 0 aliphatic carbocycles. The number of carbonyl (C=O) groups is 1. The van der Waals surface area contributed by atoms with Gasteiger partial charge in [0.2, 0.25) is 5.91 Å². The average molecular weight is 375 g/mol. The molecule has 1 aliphatic heterocycles. The number of benzene rings is 1. The van der Waals surface area contributed by atoms with Gasteiger partial charge < -0.3 is 10.1 Å². The zero-order valence-electron chi connectivity index (χ0n) is 15.4. The maximum Gasteiger partial charge on any atom is 0.230 e. The Morgan fingerprint density at radius 1 is 1.35 bits per heavy atom. The van der Waals surface area contributed by atoms with E-state index in [2.05, 4.69) is 41.2 Å². The number of imidazole rings is 1. The summed E-state index contributed by atoms with van der Waals surface area (Å²) >= 11 is 1.46. The van der Waals surface area contributed by atoms with Crippen molar-refractivity contribution in [3.05, 3.63) is 42.2 Å². The maximum absolute atomic E-state index is 12.2. The molecule has 1 saturated heterocycles. The van der Waals surface area contributed by atoms with Crippen LogP contribution in [0.1, 0.15) is 12.5 Å². The first kappa shape index (κ1) is 18.9. The number of hydrogen-bond acceptors (Lipinski definition) is 5. The van der Waals surface area contributed by atoms with Gasteiger partial charge in [-0.15, -0.1) is 0 Å². The van der Waals surface area contributed by atoms with Crippen LogP contribution in [-0.4, -0.2) is 65.0 Å². The second kappa shape index (κ2) is 9.21. The van der Waals surface area contributed by atoms with Gasteiger partial charge in [-0.3, -0.25) is 14.3 Å². The summed E-state index contributed by atoms with van der Waals surface area (Å²) in [6, 6.07) is 8.48. The summed E-state index contributed by atoms with van der Waals surface area (Å²) in [5.41, 5.74) is 2.27. The highest BCUT2D eigenvalue weighted by atomic mass is 32.2. The Hall–Kier alpha value is -1.83. The van der Waals surface area contributed by atoms with E-state index in [-0.39, 0.29) is 5.91 Å². The molecule has 1 aromatic carbocycles. The van der Waals surface area contributed by atoms with Gasteiger partial charge in [-0.25, -0.2) is 4.98 Å². The lowest BCUT2D eigenvalue weighted by atomic mass is 10.2. The van der Waals surface area contributed by atoms with Crippen molar-refractivity contribution in [2.24, 2.45) is 0 Å². The molecule has 1 amide bonds. The van der Waals surface area contributed by atoms with Gasteiger partial charge in [-0.1, -0.05) is 30.0 Å². The third-order valence-electron chi connectivity index (χ3n) is 4.58. The van der Waals surface area contributed by atoms with Crippen molar-refractivity contribution in [3.8, 4) is 5.69 Å². The standard InChI is InChI=1S/C19H26N4O2S/c1-15-5-3-4-6-17(15)23-8-7-20-19(23)26-14-18(24)21-13-16(2)22-9-11-25-12-10-22/h3-8,16H,9-14H2,1-2H3,(H,21,24). The molecular formula is C19H26N4O2S. The van der Waals surface area contributed by atoms with Crippen LogP contribution in [-0.2, 0) is 9.53 Å². The molecule has 1 N–H and O–H groups in total. The van der Waals surface area contributed by atoms with E-state index >= 15 is 0 Å². The maximum atomic E-state index is 12.2. The van der Waals surface area contributed by atoms with E-state index in [0.717, 1.165) is 37.1 Å². The molecule has 0 radical (unpaired) electrons. The summed E-state index contributed by atoms with van der Waals surface area (Å²) in [6.45, 7) is 8.28. The number of carbonyl (C=O) groups excluding carboxylic acids is 1. The summed E-state index contributed by atoms with van der Waals surface area (Å²) in [5.74, 6) is 0.396. The number of hydrogen-bond donors (Lipinski definition) is 1. The first-order valence-corrected chi connectivity index (χ1v) is 9.94. The number of aryl methyl sites for hydroxylation is 1. The number of amides is 1. The van der Waals surface area contributed by atoms with Crippen molar-refractivity contribution in [1.82, 2.24) is 19.8 Å². The van der Waals surface area contributed by atoms with Crippen LogP contribution in [0.4, 0.5) is 0 Å². The second-order valence-corrected chi connectivity index (χ2v) is 7.40. The Morgan fingerprint density at radius 3 is 2.88 bits per heavy atom. The Bertz CT molecular complexity index is 728. The minimum absolute atomic E-state index is 0.0365. The lowest BCUT2D eigenvalue weighted by molar-refractivity contribution is -0.118. The van der Waals surface area contributed by atoms with Crippen molar-refractivity contribution in [3.63, 3.8) is 0 Å². The van der Waals surface area contributed by atoms with Crippen LogP contribution in [0.2, 0.25) is 0 Å². The van der Waals surface area contributed by atoms with Gasteiger partial charge in [-0.05, 0) is 25.5 Å². The second-order valence-electron chi connectivity index (χ2n) is 6.46. The van der Waals surface area contributed by atoms with Crippen LogP contribution >= 0.6 is 11.8 Å². The lowest BCUT2D eigenvalue weighted by Gasteiger charge is -2.32. The lowest BCUT2D eigenvalue weighted by Crippen LogP contribution is -2.47. The van der Waals surface area contributed by atoms with Crippen molar-refractivity contribution in [2.75, 3.05) is 38.6 Å². The van der Waals surface area contributed by atoms with E-state index in [1.165, 1.54) is 17.3 Å². The Morgan fingerprint density at radius 2 is 2.12 bits per heavy atom. The van der Waals surface area contributed by atoms with Crippen LogP contribution in [0.3, 0.4) is 0 Å². The van der Waals surface area contributed by atoms with Gasteiger partial charge in [0.15, 0.2) is 5.16 Å². The molecular weight excluding hydrogens is 348 g/mol. The predicted octanol–water partition coefficient (Wildman–Crippen LogP) is 2.11. The van der Waals surface area contributed by atoms with E-state index in [4.69, 9.17) is 4.74 Å². The zero-order chi connectivity index (χ0) is 18.4. The van der Waals surface area contributed by atoms with E-state index in [0.29, 0.717) is 18.3 Å². The molecule has 1 fully saturated rings. The molecule has 140 valence electrons. The third kappa shape index (κ3) is 4.87. The molecule has 7 heteroatoms. The Kier molecular flexibility index (Phi) is 6.71. The SMILES string of the molecule is Cc1ccccc1-n1ccnc1SCC(=O)NCC(C)N1CCOCC1. The van der Waals surface area contributed by atoms with Crippen molar-refractivity contribution in [2.45, 2.75) is 25.0 Å². The number of morpholine rings is 1. The Labute approximate surface area is 158 Å². The molecule has 1 unspecified atom stereocenters. The van der Waals surface area contributed by atoms with Gasteiger partial charge >= 0.3 is 0 Å². The molecule has 26 heavy (non-hydrogen) atoms. The van der Waals surface area contributed by atoms with Crippen LogP contribution in [0.15, 0.2) is 41.8 Å². The predicted molar refractivity (Wildman–Crippen MR) is 104 cm³/mol.